The van der Waals surface area contributed by atoms with Gasteiger partial charge in [0.05, 0.1) is 27.5 Å². The minimum atomic E-state index is -4.40. The molecular weight excluding hydrogens is 360 g/mol. The Morgan fingerprint density at radius 2 is 1.64 bits per heavy atom. The summed E-state index contributed by atoms with van der Waals surface area (Å²) in [6.07, 6.45) is -3.17. The molecule has 0 amide bonds. The van der Waals surface area contributed by atoms with E-state index in [1.807, 2.05) is 0 Å². The zero-order valence-corrected chi connectivity index (χ0v) is 13.0. The van der Waals surface area contributed by atoms with Gasteiger partial charge in [-0.05, 0) is 29.8 Å². The first kappa shape index (κ1) is 16.9. The van der Waals surface area contributed by atoms with Gasteiger partial charge in [0.1, 0.15) is 0 Å². The third-order valence-electron chi connectivity index (χ3n) is 2.61. The number of rotatable bonds is 3. The summed E-state index contributed by atoms with van der Waals surface area (Å²) in [6.45, 7) is 0. The number of halogens is 6. The van der Waals surface area contributed by atoms with Gasteiger partial charge >= 0.3 is 6.18 Å². The van der Waals surface area contributed by atoms with Crippen LogP contribution in [0.3, 0.4) is 0 Å². The SMILES string of the molecule is FC(F)(F)c1cccc(/C=N/Nc2c(Cl)cc(Cl)cc2Cl)c1. The van der Waals surface area contributed by atoms with Crippen molar-refractivity contribution in [3.05, 3.63) is 62.6 Å². The first-order valence-electron chi connectivity index (χ1n) is 5.88. The van der Waals surface area contributed by atoms with E-state index in [-0.39, 0.29) is 15.6 Å². The van der Waals surface area contributed by atoms with Crippen molar-refractivity contribution in [1.29, 1.82) is 0 Å². The van der Waals surface area contributed by atoms with Gasteiger partial charge in [0.15, 0.2) is 0 Å². The molecular formula is C14H8Cl3F3N2. The van der Waals surface area contributed by atoms with E-state index in [0.717, 1.165) is 12.1 Å². The molecule has 0 fully saturated rings. The lowest BCUT2D eigenvalue weighted by Crippen LogP contribution is -2.05. The van der Waals surface area contributed by atoms with E-state index in [9.17, 15) is 13.2 Å². The van der Waals surface area contributed by atoms with E-state index in [1.54, 1.807) is 0 Å². The van der Waals surface area contributed by atoms with Crippen molar-refractivity contribution in [2.45, 2.75) is 6.18 Å². The van der Waals surface area contributed by atoms with Gasteiger partial charge in [0.25, 0.3) is 0 Å². The van der Waals surface area contributed by atoms with Gasteiger partial charge in [-0.2, -0.15) is 18.3 Å². The molecule has 22 heavy (non-hydrogen) atoms. The van der Waals surface area contributed by atoms with Crippen LogP contribution in [-0.4, -0.2) is 6.21 Å². The van der Waals surface area contributed by atoms with Crippen LogP contribution in [0.25, 0.3) is 0 Å². The first-order chi connectivity index (χ1) is 10.3. The molecule has 2 rings (SSSR count). The standard InChI is InChI=1S/C14H8Cl3F3N2/c15-10-5-11(16)13(12(17)6-10)22-21-7-8-2-1-3-9(4-8)14(18,19)20/h1-7,22H/b21-7+. The number of nitrogens with zero attached hydrogens (tertiary/aromatic N) is 1. The fraction of sp³-hybridized carbons (Fsp3) is 0.0714. The van der Waals surface area contributed by atoms with E-state index in [2.05, 4.69) is 10.5 Å². The second-order valence-corrected chi connectivity index (χ2v) is 5.49. The maximum Gasteiger partial charge on any atom is 0.416 e. The third-order valence-corrected chi connectivity index (χ3v) is 3.43. The molecule has 0 radical (unpaired) electrons. The van der Waals surface area contributed by atoms with Gasteiger partial charge in [0.2, 0.25) is 0 Å². The Kier molecular flexibility index (Phi) is 5.21. The molecule has 0 aliphatic heterocycles. The van der Waals surface area contributed by atoms with Crippen molar-refractivity contribution in [2.24, 2.45) is 5.10 Å². The predicted octanol–water partition coefficient (Wildman–Crippen LogP) is 6.11. The van der Waals surface area contributed by atoms with Gasteiger partial charge in [0, 0.05) is 5.02 Å². The molecule has 0 spiro atoms. The number of alkyl halides is 3. The van der Waals surface area contributed by atoms with Gasteiger partial charge in [-0.1, -0.05) is 46.9 Å². The quantitative estimate of drug-likeness (QED) is 0.513. The first-order valence-corrected chi connectivity index (χ1v) is 7.01. The van der Waals surface area contributed by atoms with Gasteiger partial charge < -0.3 is 0 Å². The number of nitrogens with one attached hydrogen (secondary N) is 1. The molecule has 116 valence electrons. The van der Waals surface area contributed by atoms with Gasteiger partial charge in [-0.3, -0.25) is 5.43 Å². The van der Waals surface area contributed by atoms with Crippen LogP contribution in [0.4, 0.5) is 18.9 Å². The lowest BCUT2D eigenvalue weighted by molar-refractivity contribution is -0.137. The minimum absolute atomic E-state index is 0.249. The fourth-order valence-corrected chi connectivity index (χ4v) is 2.52. The van der Waals surface area contributed by atoms with E-state index < -0.39 is 11.7 Å². The molecule has 0 atom stereocenters. The highest BCUT2D eigenvalue weighted by Crippen LogP contribution is 2.33. The van der Waals surface area contributed by atoms with E-state index in [0.29, 0.717) is 10.7 Å². The number of hydrogen-bond acceptors (Lipinski definition) is 2. The number of hydrogen-bond donors (Lipinski definition) is 1. The molecule has 0 unspecified atom stereocenters. The van der Waals surface area contributed by atoms with Crippen LogP contribution in [-0.2, 0) is 6.18 Å². The molecule has 0 bridgehead atoms. The summed E-state index contributed by atoms with van der Waals surface area (Å²) < 4.78 is 37.8. The molecule has 2 aromatic rings. The molecule has 0 heterocycles. The molecule has 8 heteroatoms. The highest BCUT2D eigenvalue weighted by Gasteiger charge is 2.30. The van der Waals surface area contributed by atoms with Crippen LogP contribution in [0.5, 0.6) is 0 Å². The molecule has 0 saturated heterocycles. The van der Waals surface area contributed by atoms with Crippen LogP contribution < -0.4 is 5.43 Å². The van der Waals surface area contributed by atoms with Crippen molar-refractivity contribution in [2.75, 3.05) is 5.43 Å². The summed E-state index contributed by atoms with van der Waals surface area (Å²) in [5, 5.41) is 4.69. The Labute approximate surface area is 139 Å². The average Bonchev–Trinajstić information content (AvgIpc) is 2.41. The topological polar surface area (TPSA) is 24.4 Å². The molecule has 0 aliphatic carbocycles. The summed E-state index contributed by atoms with van der Waals surface area (Å²) in [7, 11) is 0. The Morgan fingerprint density at radius 3 is 2.23 bits per heavy atom. The van der Waals surface area contributed by atoms with E-state index in [1.165, 1.54) is 30.5 Å². The Balaban J connectivity index is 2.17. The number of hydrazone groups is 1. The lowest BCUT2D eigenvalue weighted by atomic mass is 10.1. The third kappa shape index (κ3) is 4.29. The second-order valence-electron chi connectivity index (χ2n) is 4.24. The number of benzene rings is 2. The van der Waals surface area contributed by atoms with Crippen molar-refractivity contribution in [3.63, 3.8) is 0 Å². The second kappa shape index (κ2) is 6.77. The zero-order valence-electron chi connectivity index (χ0n) is 10.8. The Morgan fingerprint density at radius 1 is 1.00 bits per heavy atom. The largest absolute Gasteiger partial charge is 0.416 e. The summed E-state index contributed by atoms with van der Waals surface area (Å²) in [4.78, 5) is 0. The van der Waals surface area contributed by atoms with Crippen LogP contribution in [0.1, 0.15) is 11.1 Å². The lowest BCUT2D eigenvalue weighted by Gasteiger charge is -2.07. The molecule has 2 nitrogen and oxygen atoms in total. The summed E-state index contributed by atoms with van der Waals surface area (Å²) in [5.41, 5.74) is 2.43. The number of anilines is 1. The van der Waals surface area contributed by atoms with E-state index in [4.69, 9.17) is 34.8 Å². The monoisotopic (exact) mass is 366 g/mol. The summed E-state index contributed by atoms with van der Waals surface area (Å²) in [6, 6.07) is 7.69. The van der Waals surface area contributed by atoms with Gasteiger partial charge in [-0.25, -0.2) is 0 Å². The highest BCUT2D eigenvalue weighted by atomic mass is 35.5. The summed E-state index contributed by atoms with van der Waals surface area (Å²) >= 11 is 17.7. The van der Waals surface area contributed by atoms with E-state index >= 15 is 0 Å². The van der Waals surface area contributed by atoms with Crippen LogP contribution in [0.2, 0.25) is 15.1 Å². The van der Waals surface area contributed by atoms with Crippen LogP contribution in [0.15, 0.2) is 41.5 Å². The Bertz CT molecular complexity index is 692. The fourth-order valence-electron chi connectivity index (χ4n) is 1.62. The zero-order chi connectivity index (χ0) is 16.3. The minimum Gasteiger partial charge on any atom is -0.275 e. The smallest absolute Gasteiger partial charge is 0.275 e. The Hall–Kier alpha value is -1.43. The van der Waals surface area contributed by atoms with Crippen molar-refractivity contribution >= 4 is 46.7 Å². The van der Waals surface area contributed by atoms with Crippen molar-refractivity contribution in [1.82, 2.24) is 0 Å². The molecule has 1 N–H and O–H groups in total. The maximum atomic E-state index is 12.6. The predicted molar refractivity (Wildman–Crippen MR) is 84.1 cm³/mol. The summed E-state index contributed by atoms with van der Waals surface area (Å²) in [5.74, 6) is 0. The molecule has 0 saturated carbocycles. The molecule has 0 aromatic heterocycles. The van der Waals surface area contributed by atoms with Crippen molar-refractivity contribution in [3.8, 4) is 0 Å². The average molecular weight is 368 g/mol. The van der Waals surface area contributed by atoms with Crippen molar-refractivity contribution < 1.29 is 13.2 Å². The normalized spacial score (nSPS) is 11.9. The van der Waals surface area contributed by atoms with Gasteiger partial charge in [-0.15, -0.1) is 0 Å². The maximum absolute atomic E-state index is 12.6. The molecule has 0 aliphatic rings. The molecule has 2 aromatic carbocycles. The van der Waals surface area contributed by atoms with Crippen LogP contribution in [0, 0.1) is 0 Å². The highest BCUT2D eigenvalue weighted by molar-refractivity contribution is 6.41. The van der Waals surface area contributed by atoms with Crippen LogP contribution >= 0.6 is 34.8 Å².